The van der Waals surface area contributed by atoms with E-state index in [4.69, 9.17) is 32.7 Å². The number of halogens is 2. The molecule has 5 heteroatoms. The van der Waals surface area contributed by atoms with Crippen LogP contribution in [0.4, 0.5) is 0 Å². The van der Waals surface area contributed by atoms with Crippen LogP contribution in [-0.2, 0) is 0 Å². The zero-order chi connectivity index (χ0) is 20.2. The van der Waals surface area contributed by atoms with Gasteiger partial charge >= 0.3 is 0 Å². The van der Waals surface area contributed by atoms with Crippen LogP contribution in [0.15, 0.2) is 78.6 Å². The largest absolute Gasteiger partial charge is 0.489 e. The van der Waals surface area contributed by atoms with E-state index in [9.17, 15) is 4.79 Å². The maximum absolute atomic E-state index is 12.6. The molecule has 0 fully saturated rings. The first-order valence-electron chi connectivity index (χ1n) is 8.98. The van der Waals surface area contributed by atoms with Gasteiger partial charge in [-0.3, -0.25) is 4.79 Å². The smallest absolute Gasteiger partial charge is 0.231 e. The van der Waals surface area contributed by atoms with Crippen molar-refractivity contribution in [2.75, 3.05) is 6.61 Å². The summed E-state index contributed by atoms with van der Waals surface area (Å²) in [5.74, 6) is 1.16. The van der Waals surface area contributed by atoms with Crippen molar-refractivity contribution >= 4 is 41.1 Å². The number of ketones is 1. The molecule has 0 radical (unpaired) electrons. The first-order chi connectivity index (χ1) is 14.1. The van der Waals surface area contributed by atoms with E-state index in [0.717, 1.165) is 11.1 Å². The number of hydrogen-bond donors (Lipinski definition) is 0. The highest BCUT2D eigenvalue weighted by atomic mass is 35.5. The monoisotopic (exact) mass is 422 g/mol. The molecule has 1 aliphatic rings. The minimum absolute atomic E-state index is 0.179. The predicted molar refractivity (Wildman–Crippen MR) is 117 cm³/mol. The Labute approximate surface area is 178 Å². The van der Waals surface area contributed by atoms with Crippen molar-refractivity contribution in [1.29, 1.82) is 0 Å². The fourth-order valence-corrected chi connectivity index (χ4v) is 3.21. The summed E-state index contributed by atoms with van der Waals surface area (Å²) in [7, 11) is 0. The number of benzene rings is 3. The normalized spacial score (nSPS) is 14.3. The highest BCUT2D eigenvalue weighted by Crippen LogP contribution is 2.35. The predicted octanol–water partition coefficient (Wildman–Crippen LogP) is 6.70. The lowest BCUT2D eigenvalue weighted by Crippen LogP contribution is -1.98. The van der Waals surface area contributed by atoms with Gasteiger partial charge < -0.3 is 9.47 Å². The minimum Gasteiger partial charge on any atom is -0.489 e. The van der Waals surface area contributed by atoms with Gasteiger partial charge in [0, 0.05) is 6.07 Å². The van der Waals surface area contributed by atoms with E-state index in [1.54, 1.807) is 42.5 Å². The highest BCUT2D eigenvalue weighted by molar-refractivity contribution is 6.42. The van der Waals surface area contributed by atoms with Gasteiger partial charge in [0.2, 0.25) is 5.78 Å². The van der Waals surface area contributed by atoms with Crippen LogP contribution in [0.5, 0.6) is 11.5 Å². The molecular formula is C24H16Cl2O3. The molecule has 144 valence electrons. The van der Waals surface area contributed by atoms with Crippen molar-refractivity contribution in [3.63, 3.8) is 0 Å². The maximum atomic E-state index is 12.6. The van der Waals surface area contributed by atoms with Crippen molar-refractivity contribution in [2.24, 2.45) is 0 Å². The minimum atomic E-state index is -0.179. The third-order valence-electron chi connectivity index (χ3n) is 4.34. The fraction of sp³-hybridized carbons (Fsp3) is 0.0417. The molecule has 0 aliphatic carbocycles. The summed E-state index contributed by atoms with van der Waals surface area (Å²) in [4.78, 5) is 12.6. The summed E-state index contributed by atoms with van der Waals surface area (Å²) in [6.45, 7) is 0.410. The van der Waals surface area contributed by atoms with Crippen LogP contribution in [-0.4, -0.2) is 12.4 Å². The Morgan fingerprint density at radius 3 is 2.52 bits per heavy atom. The third kappa shape index (κ3) is 4.53. The van der Waals surface area contributed by atoms with Crippen LogP contribution in [0.2, 0.25) is 10.0 Å². The number of ether oxygens (including phenoxy) is 2. The van der Waals surface area contributed by atoms with Crippen molar-refractivity contribution in [3.05, 3.63) is 105 Å². The van der Waals surface area contributed by atoms with Crippen LogP contribution in [0.3, 0.4) is 0 Å². The number of carbonyl (C=O) groups excluding carboxylic acids is 1. The van der Waals surface area contributed by atoms with Gasteiger partial charge in [0.05, 0.1) is 15.6 Å². The zero-order valence-corrected chi connectivity index (χ0v) is 16.8. The molecule has 0 unspecified atom stereocenters. The van der Waals surface area contributed by atoms with Crippen LogP contribution < -0.4 is 9.47 Å². The van der Waals surface area contributed by atoms with Crippen LogP contribution in [0, 0.1) is 0 Å². The SMILES string of the molecule is O=C1C(=Cc2ccc(Cl)c(Cl)c2)Oc2cc(OCC=Cc3ccccc3)ccc21. The maximum Gasteiger partial charge on any atom is 0.231 e. The molecule has 0 aromatic heterocycles. The van der Waals surface area contributed by atoms with Crippen molar-refractivity contribution in [2.45, 2.75) is 0 Å². The van der Waals surface area contributed by atoms with Gasteiger partial charge in [-0.25, -0.2) is 0 Å². The number of carbonyl (C=O) groups is 1. The second-order valence-electron chi connectivity index (χ2n) is 6.40. The summed E-state index contributed by atoms with van der Waals surface area (Å²) in [5.41, 5.74) is 2.35. The molecule has 29 heavy (non-hydrogen) atoms. The summed E-state index contributed by atoms with van der Waals surface area (Å²) < 4.78 is 11.5. The molecule has 0 atom stereocenters. The fourth-order valence-electron chi connectivity index (χ4n) is 2.90. The molecule has 0 saturated heterocycles. The molecule has 0 spiro atoms. The van der Waals surface area contributed by atoms with Crippen molar-refractivity contribution in [1.82, 2.24) is 0 Å². The van der Waals surface area contributed by atoms with Crippen LogP contribution in [0.25, 0.3) is 12.2 Å². The van der Waals surface area contributed by atoms with Gasteiger partial charge in [0.25, 0.3) is 0 Å². The van der Waals surface area contributed by atoms with E-state index in [0.29, 0.717) is 33.7 Å². The van der Waals surface area contributed by atoms with Gasteiger partial charge in [0.1, 0.15) is 18.1 Å². The average Bonchev–Trinajstić information content (AvgIpc) is 3.04. The topological polar surface area (TPSA) is 35.5 Å². The Hall–Kier alpha value is -3.01. The van der Waals surface area contributed by atoms with Gasteiger partial charge in [0.15, 0.2) is 5.76 Å². The standard InChI is InChI=1S/C24H16Cl2O3/c25-20-11-8-17(13-21(20)26)14-23-24(27)19-10-9-18(15-22(19)29-23)28-12-4-7-16-5-2-1-3-6-16/h1-11,13-15H,12H2. The van der Waals surface area contributed by atoms with Gasteiger partial charge in [-0.2, -0.15) is 0 Å². The Morgan fingerprint density at radius 2 is 1.72 bits per heavy atom. The Kier molecular flexibility index (Phi) is 5.70. The number of allylic oxidation sites excluding steroid dienone is 1. The Bertz CT molecular complexity index is 1120. The number of fused-ring (bicyclic) bond motifs is 1. The second-order valence-corrected chi connectivity index (χ2v) is 7.21. The van der Waals surface area contributed by atoms with E-state index in [2.05, 4.69) is 0 Å². The molecular weight excluding hydrogens is 407 g/mol. The zero-order valence-electron chi connectivity index (χ0n) is 15.3. The number of Topliss-reactive ketones (excluding diaryl/α,β-unsaturated/α-hetero) is 1. The molecule has 3 nitrogen and oxygen atoms in total. The molecule has 0 amide bonds. The highest BCUT2D eigenvalue weighted by Gasteiger charge is 2.27. The molecule has 4 rings (SSSR count). The molecule has 1 heterocycles. The molecule has 0 bridgehead atoms. The van der Waals surface area contributed by atoms with E-state index in [-0.39, 0.29) is 11.5 Å². The molecule has 1 aliphatic heterocycles. The summed E-state index contributed by atoms with van der Waals surface area (Å²) in [6, 6.07) is 20.3. The molecule has 3 aromatic rings. The lowest BCUT2D eigenvalue weighted by molar-refractivity contribution is 0.101. The number of hydrogen-bond acceptors (Lipinski definition) is 3. The van der Waals surface area contributed by atoms with Crippen LogP contribution >= 0.6 is 23.2 Å². The summed E-state index contributed by atoms with van der Waals surface area (Å²) in [6.07, 6.45) is 5.57. The van der Waals surface area contributed by atoms with E-state index in [1.165, 1.54) is 0 Å². The van der Waals surface area contributed by atoms with Crippen molar-refractivity contribution in [3.8, 4) is 11.5 Å². The first-order valence-corrected chi connectivity index (χ1v) is 9.73. The Morgan fingerprint density at radius 1 is 0.897 bits per heavy atom. The van der Waals surface area contributed by atoms with E-state index >= 15 is 0 Å². The van der Waals surface area contributed by atoms with Crippen LogP contribution in [0.1, 0.15) is 21.5 Å². The molecule has 3 aromatic carbocycles. The quantitative estimate of drug-likeness (QED) is 0.429. The third-order valence-corrected chi connectivity index (χ3v) is 5.08. The summed E-state index contributed by atoms with van der Waals surface area (Å²) >= 11 is 12.0. The van der Waals surface area contributed by atoms with Gasteiger partial charge in [-0.1, -0.05) is 65.7 Å². The average molecular weight is 423 g/mol. The lowest BCUT2D eigenvalue weighted by Gasteiger charge is -2.05. The summed E-state index contributed by atoms with van der Waals surface area (Å²) in [5, 5.41) is 0.877. The van der Waals surface area contributed by atoms with E-state index < -0.39 is 0 Å². The lowest BCUT2D eigenvalue weighted by atomic mass is 10.1. The Balaban J connectivity index is 1.45. The van der Waals surface area contributed by atoms with E-state index in [1.807, 2.05) is 42.5 Å². The van der Waals surface area contributed by atoms with Gasteiger partial charge in [-0.05, 0) is 47.5 Å². The van der Waals surface area contributed by atoms with Crippen molar-refractivity contribution < 1.29 is 14.3 Å². The molecule has 0 saturated carbocycles. The second kappa shape index (κ2) is 8.56. The number of rotatable bonds is 5. The molecule has 0 N–H and O–H groups in total. The van der Waals surface area contributed by atoms with Gasteiger partial charge in [-0.15, -0.1) is 0 Å². The first kappa shape index (κ1) is 19.3.